The van der Waals surface area contributed by atoms with Gasteiger partial charge >= 0.3 is 0 Å². The lowest BCUT2D eigenvalue weighted by Gasteiger charge is -2.34. The maximum absolute atomic E-state index is 14.8. The lowest BCUT2D eigenvalue weighted by molar-refractivity contribution is -0.145. The number of fused-ring (bicyclic) bond motifs is 1. The number of nitrogens with one attached hydrogen (secondary N) is 5. The van der Waals surface area contributed by atoms with Crippen LogP contribution in [0, 0.1) is 5.92 Å². The Morgan fingerprint density at radius 1 is 0.650 bits per heavy atom. The molecule has 15 nitrogen and oxygen atoms in total. The predicted octanol–water partition coefficient (Wildman–Crippen LogP) is 2.31. The highest BCUT2D eigenvalue weighted by atomic mass is 16.3. The van der Waals surface area contributed by atoms with Crippen LogP contribution < -0.4 is 27.0 Å². The highest BCUT2D eigenvalue weighted by Crippen LogP contribution is 2.22. The first-order valence-corrected chi connectivity index (χ1v) is 20.5. The van der Waals surface area contributed by atoms with E-state index in [-0.39, 0.29) is 31.4 Å². The van der Waals surface area contributed by atoms with Crippen molar-refractivity contribution >= 4 is 46.3 Å². The number of aromatic amines is 1. The molecule has 0 saturated carbocycles. The quantitative estimate of drug-likeness (QED) is 0.111. The Morgan fingerprint density at radius 2 is 1.23 bits per heavy atom. The molecule has 1 aromatic heterocycles. The van der Waals surface area contributed by atoms with Crippen molar-refractivity contribution in [1.29, 1.82) is 0 Å². The van der Waals surface area contributed by atoms with Crippen molar-refractivity contribution in [3.05, 3.63) is 102 Å². The summed E-state index contributed by atoms with van der Waals surface area (Å²) in [6, 6.07) is 15.9. The Hall–Kier alpha value is -6.22. The molecule has 1 aliphatic rings. The number of rotatable bonds is 11. The number of carbonyl (C=O) groups excluding carboxylic acids is 6. The van der Waals surface area contributed by atoms with Crippen LogP contribution in [0.5, 0.6) is 5.75 Å². The fraction of sp³-hybridized carbons (Fsp3) is 0.422. The number of para-hydroxylation sites is 1. The number of carbonyl (C=O) groups is 6. The number of aromatic hydroxyl groups is 1. The molecule has 3 aromatic carbocycles. The molecule has 4 aromatic rings. The number of aromatic nitrogens is 1. The first-order valence-electron chi connectivity index (χ1n) is 20.5. The first-order chi connectivity index (χ1) is 28.7. The summed E-state index contributed by atoms with van der Waals surface area (Å²) in [7, 11) is 2.93. The summed E-state index contributed by atoms with van der Waals surface area (Å²) in [5.74, 6) is -4.06. The zero-order chi connectivity index (χ0) is 43.5. The van der Waals surface area contributed by atoms with Gasteiger partial charge in [-0.05, 0) is 73.5 Å². The molecule has 1 fully saturated rings. The third kappa shape index (κ3) is 11.3. The molecule has 60 heavy (non-hydrogen) atoms. The number of unbranched alkanes of at least 4 members (excludes halogenated alkanes) is 1. The van der Waals surface area contributed by atoms with Gasteiger partial charge in [-0.15, -0.1) is 0 Å². The molecule has 0 aliphatic carbocycles. The molecule has 0 spiro atoms. The van der Waals surface area contributed by atoms with Crippen molar-refractivity contribution in [2.45, 2.75) is 95.5 Å². The Balaban J connectivity index is 1.60. The maximum atomic E-state index is 14.8. The number of hydrogen-bond donors (Lipinski definition) is 7. The number of likely N-dealkylation sites (N-methyl/N-ethyl adjacent to an activating group) is 2. The molecular weight excluding hydrogens is 765 g/mol. The number of nitrogens with two attached hydrogens (primary N) is 1. The first kappa shape index (κ1) is 44.9. The average molecular weight is 823 g/mol. The van der Waals surface area contributed by atoms with E-state index in [4.69, 9.17) is 5.73 Å². The van der Waals surface area contributed by atoms with Crippen LogP contribution in [-0.2, 0) is 48.0 Å². The van der Waals surface area contributed by atoms with Gasteiger partial charge in [-0.3, -0.25) is 28.8 Å². The van der Waals surface area contributed by atoms with E-state index < -0.39 is 77.6 Å². The summed E-state index contributed by atoms with van der Waals surface area (Å²) < 4.78 is 0. The van der Waals surface area contributed by atoms with E-state index in [1.807, 2.05) is 54.6 Å². The van der Waals surface area contributed by atoms with Crippen molar-refractivity contribution in [3.63, 3.8) is 0 Å². The van der Waals surface area contributed by atoms with Crippen molar-refractivity contribution in [1.82, 2.24) is 36.1 Å². The lowest BCUT2D eigenvalue weighted by Crippen LogP contribution is -2.62. The smallest absolute Gasteiger partial charge is 0.245 e. The van der Waals surface area contributed by atoms with Gasteiger partial charge in [0.1, 0.15) is 42.0 Å². The third-order valence-electron chi connectivity index (χ3n) is 11.2. The predicted molar refractivity (Wildman–Crippen MR) is 228 cm³/mol. The van der Waals surface area contributed by atoms with Crippen LogP contribution in [-0.4, -0.2) is 112 Å². The fourth-order valence-electron chi connectivity index (χ4n) is 7.42. The highest BCUT2D eigenvalue weighted by Gasteiger charge is 2.38. The topological polar surface area (TPSA) is 219 Å². The van der Waals surface area contributed by atoms with Gasteiger partial charge in [0, 0.05) is 50.5 Å². The van der Waals surface area contributed by atoms with Gasteiger partial charge in [-0.25, -0.2) is 0 Å². The fourth-order valence-corrected chi connectivity index (χ4v) is 7.42. The van der Waals surface area contributed by atoms with Gasteiger partial charge in [-0.2, -0.15) is 0 Å². The van der Waals surface area contributed by atoms with Crippen LogP contribution in [0.25, 0.3) is 10.9 Å². The number of benzene rings is 3. The summed E-state index contributed by atoms with van der Waals surface area (Å²) in [5, 5.41) is 22.3. The molecule has 6 amide bonds. The minimum Gasteiger partial charge on any atom is -0.508 e. The Kier molecular flexibility index (Phi) is 15.4. The Bertz CT molecular complexity index is 2120. The van der Waals surface area contributed by atoms with Crippen molar-refractivity contribution in [3.8, 4) is 5.75 Å². The van der Waals surface area contributed by atoms with Crippen molar-refractivity contribution < 1.29 is 33.9 Å². The van der Waals surface area contributed by atoms with E-state index in [2.05, 4.69) is 26.3 Å². The molecule has 6 atom stereocenters. The van der Waals surface area contributed by atoms with Crippen LogP contribution in [0.4, 0.5) is 0 Å². The molecule has 0 unspecified atom stereocenters. The number of nitrogens with zero attached hydrogens (tertiary/aromatic N) is 2. The number of amides is 6. The van der Waals surface area contributed by atoms with Gasteiger partial charge in [-0.1, -0.05) is 74.5 Å². The normalized spacial score (nSPS) is 22.9. The van der Waals surface area contributed by atoms with Crippen LogP contribution in [0.15, 0.2) is 85.1 Å². The second-order valence-electron chi connectivity index (χ2n) is 15.9. The van der Waals surface area contributed by atoms with Crippen LogP contribution in [0.1, 0.15) is 56.7 Å². The van der Waals surface area contributed by atoms with Gasteiger partial charge in [0.2, 0.25) is 35.4 Å². The molecule has 0 radical (unpaired) electrons. The van der Waals surface area contributed by atoms with E-state index >= 15 is 0 Å². The maximum Gasteiger partial charge on any atom is 0.245 e. The molecule has 2 heterocycles. The summed E-state index contributed by atoms with van der Waals surface area (Å²) in [4.78, 5) is 92.0. The largest absolute Gasteiger partial charge is 0.508 e. The molecule has 1 aliphatic heterocycles. The number of phenols is 1. The molecular formula is C45H58N8O7. The minimum absolute atomic E-state index is 0.0158. The summed E-state index contributed by atoms with van der Waals surface area (Å²) in [5.41, 5.74) is 8.74. The SMILES string of the molecule is CC(C)[C@@H]1NC(=O)[C@H](CCCCN)NC(=O)[C@@H](Cc2c[nH]c3ccccc23)N(C)C(=O)[C@H](Cc2ccc(O)cc2)NC(=O)[C@H](C)N(C)C(=O)[C@H](Cc2ccccc2)NC1=O. The zero-order valence-corrected chi connectivity index (χ0v) is 34.9. The van der Waals surface area contributed by atoms with Gasteiger partial charge in [0.05, 0.1) is 0 Å². The van der Waals surface area contributed by atoms with Crippen LogP contribution in [0.3, 0.4) is 0 Å². The second kappa shape index (κ2) is 20.7. The monoisotopic (exact) mass is 822 g/mol. The average Bonchev–Trinajstić information content (AvgIpc) is 3.65. The van der Waals surface area contributed by atoms with E-state index in [0.717, 1.165) is 22.0 Å². The molecule has 0 bridgehead atoms. The minimum atomic E-state index is -1.23. The summed E-state index contributed by atoms with van der Waals surface area (Å²) in [6.07, 6.45) is 3.12. The lowest BCUT2D eigenvalue weighted by atomic mass is 9.98. The zero-order valence-electron chi connectivity index (χ0n) is 34.9. The van der Waals surface area contributed by atoms with E-state index in [1.165, 1.54) is 43.0 Å². The van der Waals surface area contributed by atoms with Crippen LogP contribution >= 0.6 is 0 Å². The molecule has 320 valence electrons. The van der Waals surface area contributed by atoms with E-state index in [9.17, 15) is 33.9 Å². The van der Waals surface area contributed by atoms with Crippen molar-refractivity contribution in [2.75, 3.05) is 20.6 Å². The van der Waals surface area contributed by atoms with E-state index in [1.54, 1.807) is 32.2 Å². The van der Waals surface area contributed by atoms with E-state index in [0.29, 0.717) is 24.9 Å². The summed E-state index contributed by atoms with van der Waals surface area (Å²) in [6.45, 7) is 5.40. The van der Waals surface area contributed by atoms with Crippen molar-refractivity contribution in [2.24, 2.45) is 11.7 Å². The molecule has 1 saturated heterocycles. The second-order valence-corrected chi connectivity index (χ2v) is 15.9. The standard InChI is InChI=1S/C45H58N8O7/c1-27(2)39-43(58)50-36(23-29-13-7-6-8-14-29)44(59)52(4)28(3)40(55)49-37(24-30-18-20-32(54)21-19-30)45(60)53(5)38(25-31-26-47-34-16-10-9-15-33(31)34)42(57)48-35(41(56)51-39)17-11-12-22-46/h6-10,13-16,18-21,26-28,35-39,47,54H,11-12,17,22-25,46H2,1-5H3,(H,48,57)(H,49,55)(H,50,58)(H,51,56)/t28-,35-,36-,37-,38+,39-/m0/s1. The van der Waals surface area contributed by atoms with Gasteiger partial charge in [0.25, 0.3) is 0 Å². The third-order valence-corrected chi connectivity index (χ3v) is 11.2. The molecule has 5 rings (SSSR count). The van der Waals surface area contributed by atoms with Crippen LogP contribution in [0.2, 0.25) is 0 Å². The van der Waals surface area contributed by atoms with Gasteiger partial charge < -0.3 is 46.9 Å². The Morgan fingerprint density at radius 3 is 1.88 bits per heavy atom. The summed E-state index contributed by atoms with van der Waals surface area (Å²) >= 11 is 0. The number of H-pyrrole nitrogens is 1. The Labute approximate surface area is 350 Å². The highest BCUT2D eigenvalue weighted by molar-refractivity contribution is 5.98. The number of hydrogen-bond acceptors (Lipinski definition) is 8. The number of phenolic OH excluding ortho intramolecular Hbond substituents is 1. The molecule has 15 heteroatoms. The molecule has 8 N–H and O–H groups in total. The van der Waals surface area contributed by atoms with Gasteiger partial charge in [0.15, 0.2) is 0 Å².